The number of fused-ring (bicyclic) bond motifs is 1. The van der Waals surface area contributed by atoms with E-state index in [1.54, 1.807) is 14.0 Å². The number of rotatable bonds is 9. The monoisotopic (exact) mass is 614 g/mol. The number of urea groups is 1. The van der Waals surface area contributed by atoms with Crippen molar-refractivity contribution in [2.24, 2.45) is 5.92 Å². The third kappa shape index (κ3) is 7.35. The second kappa shape index (κ2) is 13.3. The van der Waals surface area contributed by atoms with Crippen LogP contribution >= 0.6 is 0 Å². The second-order valence-electron chi connectivity index (χ2n) is 10.4. The van der Waals surface area contributed by atoms with Gasteiger partial charge in [-0.2, -0.15) is 0 Å². The Labute approximate surface area is 250 Å². The number of hydrogen-bond acceptors (Lipinski definition) is 7. The van der Waals surface area contributed by atoms with Crippen molar-refractivity contribution in [1.29, 1.82) is 0 Å². The molecule has 4 rings (SSSR count). The van der Waals surface area contributed by atoms with Gasteiger partial charge < -0.3 is 29.7 Å². The number of nitrogens with one attached hydrogen (secondary N) is 2. The smallest absolute Gasteiger partial charge is 0.321 e. The first-order chi connectivity index (χ1) is 20.4. The van der Waals surface area contributed by atoms with Crippen LogP contribution in [0.25, 0.3) is 0 Å². The third-order valence-electron chi connectivity index (χ3n) is 7.20. The Morgan fingerprint density at radius 2 is 1.84 bits per heavy atom. The average Bonchev–Trinajstić information content (AvgIpc) is 2.99. The lowest BCUT2D eigenvalue weighted by atomic mass is 9.99. The minimum absolute atomic E-state index is 0.00335. The predicted octanol–water partition coefficient (Wildman–Crippen LogP) is 4.02. The summed E-state index contributed by atoms with van der Waals surface area (Å²) in [4.78, 5) is 29.5. The number of para-hydroxylation sites is 1. The number of hydrogen-bond donors (Lipinski definition) is 3. The van der Waals surface area contributed by atoms with E-state index in [2.05, 4.69) is 10.0 Å². The molecule has 3 aromatic carbocycles. The molecular weight excluding hydrogens is 579 g/mol. The molecule has 43 heavy (non-hydrogen) atoms. The van der Waals surface area contributed by atoms with Crippen LogP contribution in [-0.2, 0) is 10.0 Å². The van der Waals surface area contributed by atoms with Crippen molar-refractivity contribution in [3.63, 3.8) is 0 Å². The number of carbonyl (C=O) groups excluding carboxylic acids is 2. The van der Waals surface area contributed by atoms with Gasteiger partial charge in [-0.3, -0.25) is 9.52 Å². The largest absolute Gasteiger partial charge is 0.497 e. The molecular formula is C30H35FN4O7S. The van der Waals surface area contributed by atoms with Crippen molar-refractivity contribution in [1.82, 2.24) is 9.80 Å². The van der Waals surface area contributed by atoms with Crippen molar-refractivity contribution in [3.8, 4) is 11.5 Å². The van der Waals surface area contributed by atoms with Crippen LogP contribution < -0.4 is 19.5 Å². The molecule has 1 heterocycles. The van der Waals surface area contributed by atoms with Crippen LogP contribution in [0, 0.1) is 11.7 Å². The zero-order chi connectivity index (χ0) is 31.3. The van der Waals surface area contributed by atoms with Gasteiger partial charge >= 0.3 is 6.03 Å². The zero-order valence-corrected chi connectivity index (χ0v) is 25.1. The summed E-state index contributed by atoms with van der Waals surface area (Å²) >= 11 is 0. The summed E-state index contributed by atoms with van der Waals surface area (Å²) in [6.45, 7) is 3.53. The standard InChI is InChI=1S/C30H35FN4O7S/c1-19-16-35(20(2)18-36)29(37)25-6-5-7-26(33-43(39,40)24-14-12-23(41-4)13-15-24)28(25)42-27(19)17-34(3)30(38)32-22-10-8-21(31)9-11-22/h5-15,19-20,27,33,36H,16-18H2,1-4H3,(H,32,38)/t19-,20+,27-/m1/s1. The molecule has 0 spiro atoms. The summed E-state index contributed by atoms with van der Waals surface area (Å²) in [5, 5.41) is 12.6. The van der Waals surface area contributed by atoms with Crippen molar-refractivity contribution < 1.29 is 37.0 Å². The number of amides is 3. The van der Waals surface area contributed by atoms with Crippen LogP contribution in [0.2, 0.25) is 0 Å². The van der Waals surface area contributed by atoms with E-state index in [0.29, 0.717) is 11.4 Å². The third-order valence-corrected chi connectivity index (χ3v) is 8.58. The summed E-state index contributed by atoms with van der Waals surface area (Å²) in [7, 11) is -1.07. The molecule has 0 aromatic heterocycles. The molecule has 0 radical (unpaired) electrons. The molecule has 230 valence electrons. The van der Waals surface area contributed by atoms with Gasteiger partial charge in [-0.25, -0.2) is 17.6 Å². The highest BCUT2D eigenvalue weighted by Crippen LogP contribution is 2.36. The van der Waals surface area contributed by atoms with Gasteiger partial charge in [0.2, 0.25) is 0 Å². The molecule has 0 unspecified atom stereocenters. The SMILES string of the molecule is COc1ccc(S(=O)(=O)Nc2cccc3c2O[C@H](CN(C)C(=O)Nc2ccc(F)cc2)[C@H](C)CN([C@@H](C)CO)C3=O)cc1. The van der Waals surface area contributed by atoms with E-state index in [-0.39, 0.29) is 47.5 Å². The van der Waals surface area contributed by atoms with Crippen molar-refractivity contribution in [3.05, 3.63) is 78.1 Å². The van der Waals surface area contributed by atoms with Crippen molar-refractivity contribution >= 4 is 33.3 Å². The highest BCUT2D eigenvalue weighted by atomic mass is 32.2. The Morgan fingerprint density at radius 1 is 1.16 bits per heavy atom. The number of carbonyl (C=O) groups is 2. The highest BCUT2D eigenvalue weighted by Gasteiger charge is 2.35. The number of aliphatic hydroxyl groups is 1. The Kier molecular flexibility index (Phi) is 9.77. The first-order valence-corrected chi connectivity index (χ1v) is 15.1. The van der Waals surface area contributed by atoms with E-state index < -0.39 is 39.9 Å². The molecule has 1 aliphatic rings. The first kappa shape index (κ1) is 31.6. The number of halogens is 1. The van der Waals surface area contributed by atoms with Crippen molar-refractivity contribution in [2.75, 3.05) is 43.9 Å². The lowest BCUT2D eigenvalue weighted by Crippen LogP contribution is -2.50. The van der Waals surface area contributed by atoms with Crippen molar-refractivity contribution in [2.45, 2.75) is 30.9 Å². The van der Waals surface area contributed by atoms with Gasteiger partial charge in [0, 0.05) is 25.2 Å². The lowest BCUT2D eigenvalue weighted by molar-refractivity contribution is 0.0373. The van der Waals surface area contributed by atoms with E-state index in [1.807, 2.05) is 6.92 Å². The Bertz CT molecular complexity index is 1550. The second-order valence-corrected chi connectivity index (χ2v) is 12.1. The number of sulfonamides is 1. The highest BCUT2D eigenvalue weighted by molar-refractivity contribution is 7.92. The van der Waals surface area contributed by atoms with Crippen LogP contribution in [0.3, 0.4) is 0 Å². The molecule has 3 aromatic rings. The maximum absolute atomic E-state index is 13.7. The maximum atomic E-state index is 13.7. The lowest BCUT2D eigenvalue weighted by Gasteiger charge is -2.38. The van der Waals surface area contributed by atoms with Gasteiger partial charge in [0.05, 0.1) is 42.4 Å². The number of likely N-dealkylation sites (N-methyl/N-ethyl adjacent to an activating group) is 1. The zero-order valence-electron chi connectivity index (χ0n) is 24.3. The molecule has 13 heteroatoms. The number of nitrogens with zero attached hydrogens (tertiary/aromatic N) is 2. The molecule has 11 nitrogen and oxygen atoms in total. The van der Waals surface area contributed by atoms with Gasteiger partial charge in [-0.15, -0.1) is 0 Å². The Hall–Kier alpha value is -4.36. The molecule has 0 saturated heterocycles. The number of methoxy groups -OCH3 is 1. The van der Waals surface area contributed by atoms with Gasteiger partial charge in [0.15, 0.2) is 5.75 Å². The van der Waals surface area contributed by atoms with E-state index in [9.17, 15) is 27.5 Å². The molecule has 0 saturated carbocycles. The molecule has 0 fully saturated rings. The first-order valence-electron chi connectivity index (χ1n) is 13.6. The summed E-state index contributed by atoms with van der Waals surface area (Å²) in [6, 6.07) is 14.7. The van der Waals surface area contributed by atoms with Crippen LogP contribution in [-0.4, -0.2) is 81.3 Å². The predicted molar refractivity (Wildman–Crippen MR) is 159 cm³/mol. The fourth-order valence-corrected chi connectivity index (χ4v) is 5.67. The average molecular weight is 615 g/mol. The van der Waals surface area contributed by atoms with Gasteiger partial charge in [-0.1, -0.05) is 13.0 Å². The van der Waals surface area contributed by atoms with Crippen LogP contribution in [0.5, 0.6) is 11.5 Å². The molecule has 1 aliphatic heterocycles. The molecule has 3 amide bonds. The number of aliphatic hydroxyl groups excluding tert-OH is 1. The quantitative estimate of drug-likeness (QED) is 0.331. The summed E-state index contributed by atoms with van der Waals surface area (Å²) in [6.07, 6.45) is -0.698. The minimum atomic E-state index is -4.10. The number of ether oxygens (including phenoxy) is 2. The maximum Gasteiger partial charge on any atom is 0.321 e. The fourth-order valence-electron chi connectivity index (χ4n) is 4.61. The fraction of sp³-hybridized carbons (Fsp3) is 0.333. The van der Waals surface area contributed by atoms with Crippen LogP contribution in [0.1, 0.15) is 24.2 Å². The molecule has 0 bridgehead atoms. The summed E-state index contributed by atoms with van der Waals surface area (Å²) < 4.78 is 54.0. The molecule has 0 aliphatic carbocycles. The number of anilines is 2. The van der Waals surface area contributed by atoms with E-state index in [4.69, 9.17) is 9.47 Å². The molecule has 3 N–H and O–H groups in total. The van der Waals surface area contributed by atoms with Gasteiger partial charge in [-0.05, 0) is 67.6 Å². The Balaban J connectivity index is 1.68. The van der Waals surface area contributed by atoms with Crippen LogP contribution in [0.4, 0.5) is 20.6 Å². The Morgan fingerprint density at radius 3 is 2.47 bits per heavy atom. The number of benzene rings is 3. The van der Waals surface area contributed by atoms with Gasteiger partial charge in [0.25, 0.3) is 15.9 Å². The minimum Gasteiger partial charge on any atom is -0.497 e. The van der Waals surface area contributed by atoms with Crippen LogP contribution in [0.15, 0.2) is 71.6 Å². The topological polar surface area (TPSA) is 138 Å². The van der Waals surface area contributed by atoms with E-state index in [1.165, 1.54) is 83.6 Å². The van der Waals surface area contributed by atoms with E-state index >= 15 is 0 Å². The normalized spacial score (nSPS) is 17.5. The van der Waals surface area contributed by atoms with Gasteiger partial charge in [0.1, 0.15) is 17.7 Å². The summed E-state index contributed by atoms with van der Waals surface area (Å²) in [5.74, 6) is -0.728. The molecule has 3 atom stereocenters. The summed E-state index contributed by atoms with van der Waals surface area (Å²) in [5.41, 5.74) is 0.542. The van der Waals surface area contributed by atoms with E-state index in [0.717, 1.165) is 0 Å².